The molecule has 1 aliphatic carbocycles. The van der Waals surface area contributed by atoms with Crippen molar-refractivity contribution in [3.05, 3.63) is 11.8 Å². The number of morpholine rings is 1. The summed E-state index contributed by atoms with van der Waals surface area (Å²) in [5, 5.41) is 2.26. The van der Waals surface area contributed by atoms with E-state index in [1.54, 1.807) is 0 Å². The van der Waals surface area contributed by atoms with Crippen LogP contribution in [0, 0.1) is 0 Å². The minimum Gasteiger partial charge on any atom is -0.379 e. The van der Waals surface area contributed by atoms with Crippen LogP contribution in [0.15, 0.2) is 11.8 Å². The number of ether oxygens (including phenoxy) is 1. The first kappa shape index (κ1) is 9.03. The van der Waals surface area contributed by atoms with Crippen LogP contribution in [0.5, 0.6) is 0 Å². The Bertz CT molecular complexity index is 185. The van der Waals surface area contributed by atoms with Crippen molar-refractivity contribution < 1.29 is 4.74 Å². The maximum Gasteiger partial charge on any atom is 0.0612 e. The predicted molar refractivity (Wildman–Crippen MR) is 52.1 cm³/mol. The van der Waals surface area contributed by atoms with E-state index in [1.807, 2.05) is 0 Å². The Hall–Kier alpha value is -0.540. The van der Waals surface area contributed by atoms with E-state index in [1.165, 1.54) is 31.4 Å². The van der Waals surface area contributed by atoms with E-state index in [-0.39, 0.29) is 0 Å². The second-order valence-electron chi connectivity index (χ2n) is 3.69. The van der Waals surface area contributed by atoms with Crippen LogP contribution in [0.2, 0.25) is 0 Å². The fourth-order valence-corrected chi connectivity index (χ4v) is 1.82. The molecule has 0 atom stereocenters. The Morgan fingerprint density at radius 3 is 2.77 bits per heavy atom. The molecule has 0 unspecified atom stereocenters. The summed E-state index contributed by atoms with van der Waals surface area (Å²) < 4.78 is 5.29. The van der Waals surface area contributed by atoms with Crippen molar-refractivity contribution in [2.24, 2.45) is 0 Å². The van der Waals surface area contributed by atoms with Gasteiger partial charge in [-0.2, -0.15) is 0 Å². The summed E-state index contributed by atoms with van der Waals surface area (Å²) in [6.45, 7) is 3.75. The number of nitrogens with one attached hydrogen (secondary N) is 1. The highest BCUT2D eigenvalue weighted by molar-refractivity contribution is 5.01. The van der Waals surface area contributed by atoms with Crippen LogP contribution >= 0.6 is 0 Å². The normalized spacial score (nSPS) is 25.4. The van der Waals surface area contributed by atoms with E-state index in [4.69, 9.17) is 4.74 Å². The molecule has 0 bridgehead atoms. The second kappa shape index (κ2) is 4.63. The molecule has 1 N–H and O–H groups in total. The van der Waals surface area contributed by atoms with Crippen LogP contribution in [0.1, 0.15) is 25.7 Å². The molecule has 0 radical (unpaired) electrons. The lowest BCUT2D eigenvalue weighted by molar-refractivity contribution is 0.0177. The summed E-state index contributed by atoms with van der Waals surface area (Å²) in [7, 11) is 0. The Labute approximate surface area is 79.7 Å². The van der Waals surface area contributed by atoms with Gasteiger partial charge in [0, 0.05) is 18.8 Å². The van der Waals surface area contributed by atoms with Gasteiger partial charge in [0.25, 0.3) is 0 Å². The first-order valence-corrected chi connectivity index (χ1v) is 5.23. The largest absolute Gasteiger partial charge is 0.379 e. The maximum absolute atomic E-state index is 5.29. The zero-order valence-corrected chi connectivity index (χ0v) is 8.09. The molecule has 0 amide bonds. The Kier molecular flexibility index (Phi) is 3.22. The smallest absolute Gasteiger partial charge is 0.0612 e. The van der Waals surface area contributed by atoms with Gasteiger partial charge >= 0.3 is 0 Å². The third-order valence-electron chi connectivity index (χ3n) is 2.60. The second-order valence-corrected chi connectivity index (χ2v) is 3.69. The summed E-state index contributed by atoms with van der Waals surface area (Å²) in [5.41, 5.74) is 4.88. The lowest BCUT2D eigenvalue weighted by Gasteiger charge is -2.30. The van der Waals surface area contributed by atoms with E-state index in [0.717, 1.165) is 26.3 Å². The van der Waals surface area contributed by atoms with Crippen molar-refractivity contribution in [1.29, 1.82) is 0 Å². The lowest BCUT2D eigenvalue weighted by atomic mass is 10.1. The SMILES string of the molecule is C1=C(NN2CCOCC2)CCCC1. The third kappa shape index (κ3) is 2.71. The molecule has 0 aromatic rings. The van der Waals surface area contributed by atoms with Crippen molar-refractivity contribution in [3.63, 3.8) is 0 Å². The van der Waals surface area contributed by atoms with Crippen LogP contribution in [0.3, 0.4) is 0 Å². The predicted octanol–water partition coefficient (Wildman–Crippen LogP) is 1.28. The van der Waals surface area contributed by atoms with Crippen LogP contribution < -0.4 is 5.43 Å². The summed E-state index contributed by atoms with van der Waals surface area (Å²) in [6, 6.07) is 0. The van der Waals surface area contributed by atoms with Gasteiger partial charge in [-0.3, -0.25) is 0 Å². The number of nitrogens with zero attached hydrogens (tertiary/aromatic N) is 1. The fraction of sp³-hybridized carbons (Fsp3) is 0.800. The van der Waals surface area contributed by atoms with Crippen molar-refractivity contribution >= 4 is 0 Å². The molecule has 0 saturated carbocycles. The molecule has 0 aromatic heterocycles. The molecule has 1 saturated heterocycles. The molecule has 74 valence electrons. The summed E-state index contributed by atoms with van der Waals surface area (Å²) in [4.78, 5) is 0. The molecule has 3 heteroatoms. The Balaban J connectivity index is 1.78. The molecule has 0 spiro atoms. The zero-order chi connectivity index (χ0) is 8.93. The number of hydrazine groups is 1. The average Bonchev–Trinajstić information content (AvgIpc) is 2.21. The summed E-state index contributed by atoms with van der Waals surface area (Å²) in [6.07, 6.45) is 7.49. The number of allylic oxidation sites excluding steroid dienone is 2. The van der Waals surface area contributed by atoms with Crippen LogP contribution in [-0.4, -0.2) is 31.3 Å². The van der Waals surface area contributed by atoms with Crippen molar-refractivity contribution in [2.75, 3.05) is 26.3 Å². The van der Waals surface area contributed by atoms with E-state index in [0.29, 0.717) is 0 Å². The number of rotatable bonds is 2. The highest BCUT2D eigenvalue weighted by atomic mass is 16.5. The van der Waals surface area contributed by atoms with Gasteiger partial charge in [0.15, 0.2) is 0 Å². The first-order chi connectivity index (χ1) is 6.45. The van der Waals surface area contributed by atoms with E-state index >= 15 is 0 Å². The van der Waals surface area contributed by atoms with Gasteiger partial charge in [0.1, 0.15) is 0 Å². The molecule has 13 heavy (non-hydrogen) atoms. The fourth-order valence-electron chi connectivity index (χ4n) is 1.82. The van der Waals surface area contributed by atoms with E-state index in [2.05, 4.69) is 16.5 Å². The van der Waals surface area contributed by atoms with Gasteiger partial charge in [-0.1, -0.05) is 6.08 Å². The lowest BCUT2D eigenvalue weighted by Crippen LogP contribution is -2.45. The molecular formula is C10H18N2O. The first-order valence-electron chi connectivity index (χ1n) is 5.23. The Morgan fingerprint density at radius 2 is 2.08 bits per heavy atom. The molecule has 2 rings (SSSR count). The highest BCUT2D eigenvalue weighted by Gasteiger charge is 2.11. The standard InChI is InChI=1S/C10H18N2O/c1-2-4-10(5-3-1)11-12-6-8-13-9-7-12/h4,11H,1-3,5-9H2. The van der Waals surface area contributed by atoms with Crippen LogP contribution in [-0.2, 0) is 4.74 Å². The molecule has 3 nitrogen and oxygen atoms in total. The molecule has 2 aliphatic rings. The van der Waals surface area contributed by atoms with Crippen molar-refractivity contribution in [1.82, 2.24) is 10.4 Å². The maximum atomic E-state index is 5.29. The minimum atomic E-state index is 0.861. The Morgan fingerprint density at radius 1 is 1.23 bits per heavy atom. The topological polar surface area (TPSA) is 24.5 Å². The number of hydrogen-bond acceptors (Lipinski definition) is 3. The summed E-state index contributed by atoms with van der Waals surface area (Å²) >= 11 is 0. The quantitative estimate of drug-likeness (QED) is 0.696. The van der Waals surface area contributed by atoms with Crippen molar-refractivity contribution in [3.8, 4) is 0 Å². The molecular weight excluding hydrogens is 164 g/mol. The zero-order valence-electron chi connectivity index (χ0n) is 8.09. The molecule has 1 aliphatic heterocycles. The monoisotopic (exact) mass is 182 g/mol. The molecule has 1 heterocycles. The van der Waals surface area contributed by atoms with Crippen LogP contribution in [0.4, 0.5) is 0 Å². The van der Waals surface area contributed by atoms with Crippen molar-refractivity contribution in [2.45, 2.75) is 25.7 Å². The van der Waals surface area contributed by atoms with E-state index < -0.39 is 0 Å². The third-order valence-corrected chi connectivity index (χ3v) is 2.60. The van der Waals surface area contributed by atoms with Gasteiger partial charge in [-0.15, -0.1) is 0 Å². The molecule has 1 fully saturated rings. The van der Waals surface area contributed by atoms with Gasteiger partial charge in [0.2, 0.25) is 0 Å². The van der Waals surface area contributed by atoms with Gasteiger partial charge < -0.3 is 10.2 Å². The van der Waals surface area contributed by atoms with Gasteiger partial charge in [0.05, 0.1) is 13.2 Å². The van der Waals surface area contributed by atoms with E-state index in [9.17, 15) is 0 Å². The molecule has 0 aromatic carbocycles. The average molecular weight is 182 g/mol. The van der Waals surface area contributed by atoms with Gasteiger partial charge in [-0.25, -0.2) is 5.01 Å². The summed E-state index contributed by atoms with van der Waals surface area (Å²) in [5.74, 6) is 0. The number of hydrogen-bond donors (Lipinski definition) is 1. The van der Waals surface area contributed by atoms with Crippen LogP contribution in [0.25, 0.3) is 0 Å². The van der Waals surface area contributed by atoms with Gasteiger partial charge in [-0.05, 0) is 25.7 Å². The highest BCUT2D eigenvalue weighted by Crippen LogP contribution is 2.15. The minimum absolute atomic E-state index is 0.861.